The first-order valence-corrected chi connectivity index (χ1v) is 24.5. The number of allylic oxidation sites excluding steroid dienone is 12. The van der Waals surface area contributed by atoms with Crippen molar-refractivity contribution in [2.75, 3.05) is 19.8 Å². The van der Waals surface area contributed by atoms with Crippen molar-refractivity contribution in [3.63, 3.8) is 0 Å². The summed E-state index contributed by atoms with van der Waals surface area (Å²) in [7, 11) is 0. The van der Waals surface area contributed by atoms with E-state index in [1.165, 1.54) is 148 Å². The van der Waals surface area contributed by atoms with Crippen LogP contribution in [0.25, 0.3) is 0 Å². The Balaban J connectivity index is 3.45. The number of unbranched alkanes of at least 4 members (excludes halogenated alkanes) is 25. The van der Waals surface area contributed by atoms with Crippen LogP contribution in [0.2, 0.25) is 0 Å². The van der Waals surface area contributed by atoms with Gasteiger partial charge in [-0.3, -0.25) is 4.79 Å². The summed E-state index contributed by atoms with van der Waals surface area (Å²) in [5, 5.41) is 9.63. The molecule has 0 saturated heterocycles. The Hall–Kier alpha value is -2.17. The Labute approximate surface area is 355 Å². The second-order valence-corrected chi connectivity index (χ2v) is 16.2. The van der Waals surface area contributed by atoms with E-state index >= 15 is 0 Å². The van der Waals surface area contributed by atoms with Crippen LogP contribution in [0.1, 0.15) is 232 Å². The molecule has 0 radical (unpaired) electrons. The number of ether oxygens (including phenoxy) is 2. The predicted octanol–water partition coefficient (Wildman–Crippen LogP) is 16.5. The van der Waals surface area contributed by atoms with Gasteiger partial charge in [0.25, 0.3) is 0 Å². The monoisotopic (exact) mass is 795 g/mol. The zero-order chi connectivity index (χ0) is 41.2. The summed E-state index contributed by atoms with van der Waals surface area (Å²) >= 11 is 0. The van der Waals surface area contributed by atoms with E-state index in [0.29, 0.717) is 13.0 Å². The van der Waals surface area contributed by atoms with Gasteiger partial charge in [0.05, 0.1) is 13.2 Å². The SMILES string of the molecule is CC/C=C\C/C=C\C/C=C\C/C=C\C/C=C\CCCCCC(=O)OC(CO)COCCCCCCCCCCCCCCCC/C=C\CCCCCCCCCC. The first-order chi connectivity index (χ1) is 28.2. The molecule has 0 aliphatic carbocycles. The van der Waals surface area contributed by atoms with Gasteiger partial charge in [-0.1, -0.05) is 215 Å². The first kappa shape index (κ1) is 54.8. The maximum absolute atomic E-state index is 12.2. The minimum atomic E-state index is -0.555. The lowest BCUT2D eigenvalue weighted by Gasteiger charge is -2.15. The van der Waals surface area contributed by atoms with Gasteiger partial charge in [0.15, 0.2) is 0 Å². The lowest BCUT2D eigenvalue weighted by molar-refractivity contribution is -0.154. The van der Waals surface area contributed by atoms with Crippen LogP contribution in [0.15, 0.2) is 72.9 Å². The number of aliphatic hydroxyl groups excluding tert-OH is 1. The highest BCUT2D eigenvalue weighted by Gasteiger charge is 2.13. The van der Waals surface area contributed by atoms with E-state index in [4.69, 9.17) is 9.47 Å². The molecule has 1 N–H and O–H groups in total. The Morgan fingerprint density at radius 2 is 0.789 bits per heavy atom. The van der Waals surface area contributed by atoms with Gasteiger partial charge >= 0.3 is 5.97 Å². The van der Waals surface area contributed by atoms with Crippen molar-refractivity contribution in [2.45, 2.75) is 238 Å². The summed E-state index contributed by atoms with van der Waals surface area (Å²) in [6, 6.07) is 0. The fourth-order valence-corrected chi connectivity index (χ4v) is 6.88. The normalized spacial score (nSPS) is 13.0. The molecule has 0 saturated carbocycles. The van der Waals surface area contributed by atoms with Gasteiger partial charge in [0.1, 0.15) is 6.10 Å². The highest BCUT2D eigenvalue weighted by Crippen LogP contribution is 2.15. The van der Waals surface area contributed by atoms with Gasteiger partial charge in [-0.25, -0.2) is 0 Å². The Kier molecular flexibility index (Phi) is 48.1. The van der Waals surface area contributed by atoms with Crippen LogP contribution in [-0.4, -0.2) is 37.0 Å². The van der Waals surface area contributed by atoms with Crippen LogP contribution in [0, 0.1) is 0 Å². The lowest BCUT2D eigenvalue weighted by Crippen LogP contribution is -2.27. The Bertz CT molecular complexity index is 973. The molecule has 0 amide bonds. The minimum Gasteiger partial charge on any atom is -0.457 e. The van der Waals surface area contributed by atoms with Gasteiger partial charge in [-0.2, -0.15) is 0 Å². The summed E-state index contributed by atoms with van der Waals surface area (Å²) < 4.78 is 11.2. The average Bonchev–Trinajstić information content (AvgIpc) is 3.22. The molecule has 0 aliphatic rings. The molecule has 0 fully saturated rings. The van der Waals surface area contributed by atoms with Crippen LogP contribution in [0.3, 0.4) is 0 Å². The molecule has 4 nitrogen and oxygen atoms in total. The van der Waals surface area contributed by atoms with Crippen LogP contribution < -0.4 is 0 Å². The molecule has 0 aromatic carbocycles. The molecule has 0 aromatic heterocycles. The van der Waals surface area contributed by atoms with Crippen molar-refractivity contribution >= 4 is 5.97 Å². The van der Waals surface area contributed by atoms with E-state index in [1.807, 2.05) is 0 Å². The second kappa shape index (κ2) is 50.0. The molecule has 0 spiro atoms. The van der Waals surface area contributed by atoms with Crippen molar-refractivity contribution in [3.05, 3.63) is 72.9 Å². The van der Waals surface area contributed by atoms with E-state index in [1.54, 1.807) is 0 Å². The molecule has 330 valence electrons. The van der Waals surface area contributed by atoms with E-state index in [2.05, 4.69) is 86.8 Å². The molecule has 4 heteroatoms. The third kappa shape index (κ3) is 48.1. The predicted molar refractivity (Wildman–Crippen MR) is 251 cm³/mol. The molecular formula is C53H94O4. The summed E-state index contributed by atoms with van der Waals surface area (Å²) in [5.74, 6) is -0.231. The molecule has 0 heterocycles. The highest BCUT2D eigenvalue weighted by molar-refractivity contribution is 5.69. The number of rotatable bonds is 45. The lowest BCUT2D eigenvalue weighted by atomic mass is 10.0. The molecule has 0 aliphatic heterocycles. The molecule has 1 unspecified atom stereocenters. The van der Waals surface area contributed by atoms with Gasteiger partial charge in [-0.15, -0.1) is 0 Å². The van der Waals surface area contributed by atoms with Crippen LogP contribution in [0.4, 0.5) is 0 Å². The summed E-state index contributed by atoms with van der Waals surface area (Å²) in [4.78, 5) is 12.2. The average molecular weight is 795 g/mol. The number of esters is 1. The van der Waals surface area contributed by atoms with Crippen LogP contribution in [0.5, 0.6) is 0 Å². The minimum absolute atomic E-state index is 0.187. The van der Waals surface area contributed by atoms with Crippen LogP contribution in [-0.2, 0) is 14.3 Å². The third-order valence-electron chi connectivity index (χ3n) is 10.5. The smallest absolute Gasteiger partial charge is 0.306 e. The summed E-state index contributed by atoms with van der Waals surface area (Å²) in [5.41, 5.74) is 0. The van der Waals surface area contributed by atoms with Gasteiger partial charge < -0.3 is 14.6 Å². The zero-order valence-corrected chi connectivity index (χ0v) is 37.8. The molecule has 0 aromatic rings. The topological polar surface area (TPSA) is 55.8 Å². The van der Waals surface area contributed by atoms with E-state index < -0.39 is 6.10 Å². The number of carbonyl (C=O) groups is 1. The summed E-state index contributed by atoms with van der Waals surface area (Å²) in [6.07, 6.45) is 68.5. The van der Waals surface area contributed by atoms with E-state index in [-0.39, 0.29) is 19.2 Å². The largest absolute Gasteiger partial charge is 0.457 e. The van der Waals surface area contributed by atoms with Gasteiger partial charge in [0.2, 0.25) is 0 Å². The van der Waals surface area contributed by atoms with Crippen molar-refractivity contribution in [1.82, 2.24) is 0 Å². The van der Waals surface area contributed by atoms with Crippen molar-refractivity contribution in [1.29, 1.82) is 0 Å². The van der Waals surface area contributed by atoms with Crippen molar-refractivity contribution < 1.29 is 19.4 Å². The number of hydrogen-bond acceptors (Lipinski definition) is 4. The molecular weight excluding hydrogens is 701 g/mol. The zero-order valence-electron chi connectivity index (χ0n) is 37.8. The Morgan fingerprint density at radius 3 is 1.21 bits per heavy atom. The number of carbonyl (C=O) groups excluding carboxylic acids is 1. The molecule has 1 atom stereocenters. The van der Waals surface area contributed by atoms with Gasteiger partial charge in [-0.05, 0) is 83.5 Å². The summed E-state index contributed by atoms with van der Waals surface area (Å²) in [6.45, 7) is 5.21. The quantitative estimate of drug-likeness (QED) is 0.0379. The molecule has 57 heavy (non-hydrogen) atoms. The highest BCUT2D eigenvalue weighted by atomic mass is 16.6. The second-order valence-electron chi connectivity index (χ2n) is 16.2. The standard InChI is InChI=1S/C53H94O4/c1-3-5-7-9-11-13-15-17-19-21-23-24-25-26-27-28-29-31-33-35-37-39-41-43-45-47-49-56-51-52(50-54)57-53(55)48-46-44-42-40-38-36-34-32-30-22-20-18-16-14-12-10-8-6-4-2/h6,8,12,14,18,20-21,23,30,32,36,38,52,54H,3-5,7,9-11,13,15-17,19,22,24-29,31,33-35,37,39-51H2,1-2H3/b8-6-,14-12-,20-18-,23-21-,32-30-,38-36-. The van der Waals surface area contributed by atoms with Crippen molar-refractivity contribution in [3.8, 4) is 0 Å². The van der Waals surface area contributed by atoms with Gasteiger partial charge in [0, 0.05) is 13.0 Å². The van der Waals surface area contributed by atoms with Crippen LogP contribution >= 0.6 is 0 Å². The third-order valence-corrected chi connectivity index (χ3v) is 10.5. The van der Waals surface area contributed by atoms with E-state index in [0.717, 1.165) is 64.2 Å². The molecule has 0 rings (SSSR count). The Morgan fingerprint density at radius 1 is 0.439 bits per heavy atom. The fourth-order valence-electron chi connectivity index (χ4n) is 6.88. The first-order valence-electron chi connectivity index (χ1n) is 24.5. The number of aliphatic hydroxyl groups is 1. The van der Waals surface area contributed by atoms with E-state index in [9.17, 15) is 9.90 Å². The van der Waals surface area contributed by atoms with Crippen molar-refractivity contribution in [2.24, 2.45) is 0 Å². The maximum Gasteiger partial charge on any atom is 0.306 e. The number of hydrogen-bond donors (Lipinski definition) is 1. The maximum atomic E-state index is 12.2. The molecule has 0 bridgehead atoms. The fraction of sp³-hybridized carbons (Fsp3) is 0.755.